The molecule has 1 amide bonds. The van der Waals surface area contributed by atoms with Crippen molar-refractivity contribution in [1.82, 2.24) is 0 Å². The predicted molar refractivity (Wildman–Crippen MR) is 88.8 cm³/mol. The summed E-state index contributed by atoms with van der Waals surface area (Å²) in [6, 6.07) is 5.17. The Morgan fingerprint density at radius 1 is 1.24 bits per heavy atom. The first-order valence-electron chi connectivity index (χ1n) is 7.34. The topological polar surface area (TPSA) is 150 Å². The van der Waals surface area contributed by atoms with Crippen molar-refractivity contribution in [1.29, 1.82) is 0 Å². The highest BCUT2D eigenvalue weighted by Gasteiger charge is 2.29. The summed E-state index contributed by atoms with van der Waals surface area (Å²) in [7, 11) is -6.88. The smallest absolute Gasteiger partial charge is 0.306 e. The maximum Gasteiger partial charge on any atom is 0.306 e. The van der Waals surface area contributed by atoms with Gasteiger partial charge in [-0.1, -0.05) is 0 Å². The maximum atomic E-state index is 11.7. The minimum atomic E-state index is -3.81. The van der Waals surface area contributed by atoms with Gasteiger partial charge in [0.15, 0.2) is 16.4 Å². The molecule has 0 spiro atoms. The number of nitrogens with two attached hydrogens (primary N) is 1. The van der Waals surface area contributed by atoms with E-state index in [9.17, 15) is 26.4 Å². The number of anilines is 1. The van der Waals surface area contributed by atoms with Crippen LogP contribution in [0.25, 0.3) is 0 Å². The number of carbonyl (C=O) groups excluding carboxylic acids is 2. The molecule has 0 aromatic heterocycles. The maximum absolute atomic E-state index is 11.7. The highest BCUT2D eigenvalue weighted by molar-refractivity contribution is 7.91. The molecule has 2 rings (SSSR count). The molecule has 1 atom stereocenters. The molecule has 25 heavy (non-hydrogen) atoms. The van der Waals surface area contributed by atoms with Gasteiger partial charge in [0.25, 0.3) is 5.91 Å². The van der Waals surface area contributed by atoms with Gasteiger partial charge in [-0.05, 0) is 36.6 Å². The average molecular weight is 390 g/mol. The van der Waals surface area contributed by atoms with Crippen LogP contribution in [0.4, 0.5) is 5.69 Å². The van der Waals surface area contributed by atoms with E-state index in [2.05, 4.69) is 5.32 Å². The van der Waals surface area contributed by atoms with Crippen LogP contribution >= 0.6 is 0 Å². The molecule has 1 saturated heterocycles. The van der Waals surface area contributed by atoms with Gasteiger partial charge < -0.3 is 10.1 Å². The number of rotatable bonds is 6. The Labute approximate surface area is 145 Å². The van der Waals surface area contributed by atoms with Gasteiger partial charge in [-0.2, -0.15) is 0 Å². The number of carbonyl (C=O) groups is 2. The van der Waals surface area contributed by atoms with Gasteiger partial charge in [-0.25, -0.2) is 22.0 Å². The molecule has 3 N–H and O–H groups in total. The van der Waals surface area contributed by atoms with E-state index in [1.165, 1.54) is 24.3 Å². The lowest BCUT2D eigenvalue weighted by molar-refractivity contribution is -0.148. The van der Waals surface area contributed by atoms with Crippen molar-refractivity contribution in [2.24, 2.45) is 11.1 Å². The minimum Gasteiger partial charge on any atom is -0.456 e. The average Bonchev–Trinajstić information content (AvgIpc) is 2.83. The zero-order valence-electron chi connectivity index (χ0n) is 13.2. The van der Waals surface area contributed by atoms with Gasteiger partial charge in [0.1, 0.15) is 0 Å². The molecule has 1 fully saturated rings. The molecular formula is C14H18N2O7S2. The number of sulfonamides is 1. The summed E-state index contributed by atoms with van der Waals surface area (Å²) in [6.07, 6.45) is 0.371. The summed E-state index contributed by atoms with van der Waals surface area (Å²) in [5.74, 6) is -1.48. The molecule has 1 aromatic carbocycles. The molecule has 0 aliphatic carbocycles. The molecule has 1 aliphatic heterocycles. The van der Waals surface area contributed by atoms with Crippen LogP contribution in [0.15, 0.2) is 29.2 Å². The monoisotopic (exact) mass is 390 g/mol. The van der Waals surface area contributed by atoms with E-state index in [1.54, 1.807) is 0 Å². The largest absolute Gasteiger partial charge is 0.456 e. The summed E-state index contributed by atoms with van der Waals surface area (Å²) < 4.78 is 49.7. The van der Waals surface area contributed by atoms with Crippen molar-refractivity contribution in [3.8, 4) is 0 Å². The highest BCUT2D eigenvalue weighted by atomic mass is 32.2. The van der Waals surface area contributed by atoms with E-state index in [0.717, 1.165) is 0 Å². The Balaban J connectivity index is 1.78. The third-order valence-electron chi connectivity index (χ3n) is 3.61. The summed E-state index contributed by atoms with van der Waals surface area (Å²) in [6.45, 7) is -0.519. The molecular weight excluding hydrogens is 372 g/mol. The van der Waals surface area contributed by atoms with Crippen LogP contribution in [0, 0.1) is 5.92 Å². The van der Waals surface area contributed by atoms with Crippen LogP contribution in [0.3, 0.4) is 0 Å². The lowest BCUT2D eigenvalue weighted by atomic mass is 10.1. The minimum absolute atomic E-state index is 0.0370. The number of hydrogen-bond donors (Lipinski definition) is 2. The van der Waals surface area contributed by atoms with Crippen LogP contribution in [-0.4, -0.2) is 46.8 Å². The highest BCUT2D eigenvalue weighted by Crippen LogP contribution is 2.21. The molecule has 1 unspecified atom stereocenters. The number of benzene rings is 1. The second-order valence-electron chi connectivity index (χ2n) is 5.75. The Bertz CT molecular complexity index is 861. The zero-order chi connectivity index (χ0) is 18.7. The Hall–Kier alpha value is -1.98. The molecule has 9 nitrogen and oxygen atoms in total. The van der Waals surface area contributed by atoms with Gasteiger partial charge in [-0.3, -0.25) is 9.59 Å². The number of ether oxygens (including phenoxy) is 1. The fourth-order valence-electron chi connectivity index (χ4n) is 2.40. The number of hydrogen-bond acceptors (Lipinski definition) is 7. The first-order chi connectivity index (χ1) is 11.5. The molecule has 0 saturated carbocycles. The van der Waals surface area contributed by atoms with Gasteiger partial charge in [-0.15, -0.1) is 0 Å². The Morgan fingerprint density at radius 2 is 1.88 bits per heavy atom. The van der Waals surface area contributed by atoms with E-state index >= 15 is 0 Å². The summed E-state index contributed by atoms with van der Waals surface area (Å²) in [5.41, 5.74) is 0.315. The fraction of sp³-hybridized carbons (Fsp3) is 0.429. The molecule has 11 heteroatoms. The Kier molecular flexibility index (Phi) is 5.80. The quantitative estimate of drug-likeness (QED) is 0.630. The van der Waals surface area contributed by atoms with Crippen molar-refractivity contribution in [3.05, 3.63) is 24.3 Å². The van der Waals surface area contributed by atoms with E-state index in [4.69, 9.17) is 9.88 Å². The number of primary sulfonamides is 1. The predicted octanol–water partition coefficient (Wildman–Crippen LogP) is -0.359. The van der Waals surface area contributed by atoms with Gasteiger partial charge in [0.2, 0.25) is 10.0 Å². The summed E-state index contributed by atoms with van der Waals surface area (Å²) in [4.78, 5) is 23.3. The normalized spacial score (nSPS) is 19.3. The molecule has 1 heterocycles. The van der Waals surface area contributed by atoms with E-state index < -0.39 is 38.3 Å². The summed E-state index contributed by atoms with van der Waals surface area (Å²) in [5, 5.41) is 7.40. The van der Waals surface area contributed by atoms with Crippen molar-refractivity contribution in [2.75, 3.05) is 23.4 Å². The zero-order valence-corrected chi connectivity index (χ0v) is 14.8. The van der Waals surface area contributed by atoms with Crippen LogP contribution < -0.4 is 10.5 Å². The first-order valence-corrected chi connectivity index (χ1v) is 10.7. The number of nitrogens with one attached hydrogen (secondary N) is 1. The van der Waals surface area contributed by atoms with Crippen LogP contribution in [0.5, 0.6) is 0 Å². The molecule has 0 bridgehead atoms. The van der Waals surface area contributed by atoms with E-state index in [1.807, 2.05) is 0 Å². The van der Waals surface area contributed by atoms with Gasteiger partial charge in [0, 0.05) is 12.1 Å². The Morgan fingerprint density at radius 3 is 2.40 bits per heavy atom. The van der Waals surface area contributed by atoms with Gasteiger partial charge >= 0.3 is 5.97 Å². The third kappa shape index (κ3) is 6.11. The van der Waals surface area contributed by atoms with Crippen LogP contribution in [0.1, 0.15) is 12.8 Å². The molecule has 1 aliphatic rings. The van der Waals surface area contributed by atoms with E-state index in [0.29, 0.717) is 12.1 Å². The molecule has 1 aromatic rings. The SMILES string of the molecule is NS(=O)(=O)c1ccc(NC(=O)COC(=O)CC2CCS(=O)(=O)C2)cc1. The van der Waals surface area contributed by atoms with Gasteiger partial charge in [0.05, 0.1) is 16.4 Å². The third-order valence-corrected chi connectivity index (χ3v) is 6.38. The second-order valence-corrected chi connectivity index (χ2v) is 9.54. The molecule has 0 radical (unpaired) electrons. The lowest BCUT2D eigenvalue weighted by Crippen LogP contribution is -2.22. The standard InChI is InChI=1S/C14H18N2O7S2/c15-25(21,22)12-3-1-11(2-4-12)16-13(17)8-23-14(18)7-10-5-6-24(19,20)9-10/h1-4,10H,5-9H2,(H,16,17)(H2,15,21,22). The van der Waals surface area contributed by atoms with E-state index in [-0.39, 0.29) is 28.7 Å². The fourth-order valence-corrected chi connectivity index (χ4v) is 4.78. The van der Waals surface area contributed by atoms with Crippen molar-refractivity contribution < 1.29 is 31.2 Å². The number of amides is 1. The van der Waals surface area contributed by atoms with Crippen LogP contribution in [0.2, 0.25) is 0 Å². The second kappa shape index (κ2) is 7.50. The molecule has 138 valence electrons. The van der Waals surface area contributed by atoms with Crippen molar-refractivity contribution >= 4 is 37.4 Å². The lowest BCUT2D eigenvalue weighted by Gasteiger charge is -2.09. The number of esters is 1. The van der Waals surface area contributed by atoms with Crippen molar-refractivity contribution in [3.63, 3.8) is 0 Å². The van der Waals surface area contributed by atoms with Crippen molar-refractivity contribution in [2.45, 2.75) is 17.7 Å². The first kappa shape index (κ1) is 19.3. The number of sulfone groups is 1. The van der Waals surface area contributed by atoms with Crippen LogP contribution in [-0.2, 0) is 34.2 Å². The summed E-state index contributed by atoms with van der Waals surface area (Å²) >= 11 is 0.